The van der Waals surface area contributed by atoms with Crippen molar-refractivity contribution in [1.29, 1.82) is 0 Å². The van der Waals surface area contributed by atoms with Crippen molar-refractivity contribution in [2.45, 2.75) is 24.9 Å². The smallest absolute Gasteiger partial charge is 0.325 e. The normalized spacial score (nSPS) is 21.1. The maximum atomic E-state index is 13.2. The molecule has 4 amide bonds. The third-order valence-electron chi connectivity index (χ3n) is 5.59. The van der Waals surface area contributed by atoms with E-state index >= 15 is 0 Å². The quantitative estimate of drug-likeness (QED) is 0.760. The Labute approximate surface area is 179 Å². The molecule has 30 heavy (non-hydrogen) atoms. The number of likely N-dealkylation sites (tertiary alicyclic amines) is 1. The average Bonchev–Trinajstić information content (AvgIpc) is 2.97. The molecule has 1 spiro atoms. The monoisotopic (exact) mass is 427 g/mol. The van der Waals surface area contributed by atoms with E-state index in [2.05, 4.69) is 5.32 Å². The SMILES string of the molecule is COc1ccc(C(=O)N2CCCC3(C2)NC(=O)N(Cc2cccc(Cl)c2)C3=O)cc1. The number of urea groups is 1. The minimum atomic E-state index is -1.09. The van der Waals surface area contributed by atoms with E-state index in [-0.39, 0.29) is 24.9 Å². The lowest BCUT2D eigenvalue weighted by Crippen LogP contribution is -2.59. The second kappa shape index (κ2) is 7.99. The fourth-order valence-corrected chi connectivity index (χ4v) is 4.27. The molecular formula is C22H22ClN3O4. The van der Waals surface area contributed by atoms with E-state index in [0.29, 0.717) is 35.7 Å². The van der Waals surface area contributed by atoms with Crippen LogP contribution in [0.15, 0.2) is 48.5 Å². The number of carbonyl (C=O) groups excluding carboxylic acids is 3. The van der Waals surface area contributed by atoms with Gasteiger partial charge in [0.05, 0.1) is 20.2 Å². The van der Waals surface area contributed by atoms with Crippen molar-refractivity contribution in [3.05, 3.63) is 64.7 Å². The largest absolute Gasteiger partial charge is 0.497 e. The van der Waals surface area contributed by atoms with Gasteiger partial charge in [-0.05, 0) is 54.8 Å². The van der Waals surface area contributed by atoms with Crippen LogP contribution in [0.4, 0.5) is 4.79 Å². The molecule has 8 heteroatoms. The van der Waals surface area contributed by atoms with Crippen molar-refractivity contribution in [1.82, 2.24) is 15.1 Å². The van der Waals surface area contributed by atoms with Crippen molar-refractivity contribution in [3.8, 4) is 5.75 Å². The lowest BCUT2D eigenvalue weighted by atomic mass is 9.88. The first-order chi connectivity index (χ1) is 14.4. The van der Waals surface area contributed by atoms with Gasteiger partial charge in [-0.25, -0.2) is 4.79 Å². The maximum Gasteiger partial charge on any atom is 0.325 e. The number of hydrogen-bond donors (Lipinski definition) is 1. The summed E-state index contributed by atoms with van der Waals surface area (Å²) >= 11 is 6.02. The Kier molecular flexibility index (Phi) is 5.39. The van der Waals surface area contributed by atoms with E-state index in [4.69, 9.17) is 16.3 Å². The summed E-state index contributed by atoms with van der Waals surface area (Å²) in [5, 5.41) is 3.39. The van der Waals surface area contributed by atoms with Gasteiger partial charge in [-0.1, -0.05) is 23.7 Å². The van der Waals surface area contributed by atoms with E-state index in [1.165, 1.54) is 4.90 Å². The number of methoxy groups -OCH3 is 1. The van der Waals surface area contributed by atoms with Crippen LogP contribution in [-0.4, -0.2) is 53.4 Å². The molecule has 2 aromatic carbocycles. The van der Waals surface area contributed by atoms with E-state index in [1.807, 2.05) is 6.07 Å². The summed E-state index contributed by atoms with van der Waals surface area (Å²) in [5.41, 5.74) is 0.196. The highest BCUT2D eigenvalue weighted by Gasteiger charge is 2.53. The molecule has 0 saturated carbocycles. The molecule has 2 fully saturated rings. The minimum Gasteiger partial charge on any atom is -0.497 e. The maximum absolute atomic E-state index is 13.2. The van der Waals surface area contributed by atoms with Crippen LogP contribution in [0, 0.1) is 0 Å². The predicted octanol–water partition coefficient (Wildman–Crippen LogP) is 3.08. The zero-order valence-corrected chi connectivity index (χ0v) is 17.3. The van der Waals surface area contributed by atoms with Crippen LogP contribution in [0.2, 0.25) is 5.02 Å². The Morgan fingerprint density at radius 2 is 1.97 bits per heavy atom. The number of nitrogens with one attached hydrogen (secondary N) is 1. The summed E-state index contributed by atoms with van der Waals surface area (Å²) in [4.78, 5) is 41.6. The molecule has 1 N–H and O–H groups in total. The third-order valence-corrected chi connectivity index (χ3v) is 5.83. The van der Waals surface area contributed by atoms with Gasteiger partial charge in [0.1, 0.15) is 11.3 Å². The van der Waals surface area contributed by atoms with Crippen molar-refractivity contribution >= 4 is 29.4 Å². The molecule has 0 bridgehead atoms. The van der Waals surface area contributed by atoms with Crippen molar-refractivity contribution in [2.75, 3.05) is 20.2 Å². The highest BCUT2D eigenvalue weighted by molar-refractivity contribution is 6.30. The number of imide groups is 1. The first-order valence-electron chi connectivity index (χ1n) is 9.74. The third kappa shape index (κ3) is 3.73. The molecule has 2 heterocycles. The van der Waals surface area contributed by atoms with Crippen LogP contribution in [0.25, 0.3) is 0 Å². The van der Waals surface area contributed by atoms with Crippen LogP contribution in [0.5, 0.6) is 5.75 Å². The predicted molar refractivity (Wildman–Crippen MR) is 111 cm³/mol. The van der Waals surface area contributed by atoms with Gasteiger partial charge in [-0.3, -0.25) is 14.5 Å². The number of rotatable bonds is 4. The summed E-state index contributed by atoms with van der Waals surface area (Å²) < 4.78 is 5.13. The Balaban J connectivity index is 1.51. The summed E-state index contributed by atoms with van der Waals surface area (Å²) in [6, 6.07) is 13.5. The van der Waals surface area contributed by atoms with Gasteiger partial charge in [0, 0.05) is 17.1 Å². The molecular weight excluding hydrogens is 406 g/mol. The molecule has 1 atom stereocenters. The average molecular weight is 428 g/mol. The van der Waals surface area contributed by atoms with Gasteiger partial charge in [-0.15, -0.1) is 0 Å². The van der Waals surface area contributed by atoms with Crippen LogP contribution >= 0.6 is 11.6 Å². The van der Waals surface area contributed by atoms with Gasteiger partial charge in [0.2, 0.25) is 0 Å². The molecule has 2 aliphatic rings. The molecule has 156 valence electrons. The fourth-order valence-electron chi connectivity index (χ4n) is 4.06. The van der Waals surface area contributed by atoms with Gasteiger partial charge in [-0.2, -0.15) is 0 Å². The first kappa shape index (κ1) is 20.2. The van der Waals surface area contributed by atoms with Crippen LogP contribution < -0.4 is 10.1 Å². The second-order valence-electron chi connectivity index (χ2n) is 7.59. The number of ether oxygens (including phenoxy) is 1. The molecule has 0 aromatic heterocycles. The molecule has 2 aromatic rings. The van der Waals surface area contributed by atoms with Crippen LogP contribution in [-0.2, 0) is 11.3 Å². The minimum absolute atomic E-state index is 0.138. The molecule has 0 radical (unpaired) electrons. The molecule has 4 rings (SSSR count). The molecule has 0 aliphatic carbocycles. The number of carbonyl (C=O) groups is 3. The fraction of sp³-hybridized carbons (Fsp3) is 0.318. The van der Waals surface area contributed by atoms with Gasteiger partial charge in [0.25, 0.3) is 11.8 Å². The van der Waals surface area contributed by atoms with Crippen LogP contribution in [0.1, 0.15) is 28.8 Å². The summed E-state index contributed by atoms with van der Waals surface area (Å²) in [7, 11) is 1.56. The molecule has 2 saturated heterocycles. The number of halogens is 1. The second-order valence-corrected chi connectivity index (χ2v) is 8.03. The van der Waals surface area contributed by atoms with Crippen LogP contribution in [0.3, 0.4) is 0 Å². The summed E-state index contributed by atoms with van der Waals surface area (Å²) in [5.74, 6) is 0.184. The zero-order valence-electron chi connectivity index (χ0n) is 16.6. The van der Waals surface area contributed by atoms with E-state index < -0.39 is 11.6 Å². The number of hydrogen-bond acceptors (Lipinski definition) is 4. The Bertz CT molecular complexity index is 994. The number of nitrogens with zero attached hydrogens (tertiary/aromatic N) is 2. The highest BCUT2D eigenvalue weighted by atomic mass is 35.5. The number of amides is 4. The molecule has 7 nitrogen and oxygen atoms in total. The highest BCUT2D eigenvalue weighted by Crippen LogP contribution is 2.30. The van der Waals surface area contributed by atoms with E-state index in [0.717, 1.165) is 5.56 Å². The summed E-state index contributed by atoms with van der Waals surface area (Å²) in [6.45, 7) is 0.817. The van der Waals surface area contributed by atoms with Gasteiger partial charge >= 0.3 is 6.03 Å². The molecule has 2 aliphatic heterocycles. The van der Waals surface area contributed by atoms with E-state index in [1.54, 1.807) is 54.5 Å². The summed E-state index contributed by atoms with van der Waals surface area (Å²) in [6.07, 6.45) is 1.12. The standard InChI is InChI=1S/C22H22ClN3O4/c1-30-18-8-6-16(7-9-18)19(27)25-11-3-10-22(14-25)20(28)26(21(29)24-22)13-15-4-2-5-17(23)12-15/h2,4-9,12H,3,10-11,13-14H2,1H3,(H,24,29). The van der Waals surface area contributed by atoms with Crippen molar-refractivity contribution < 1.29 is 19.1 Å². The van der Waals surface area contributed by atoms with E-state index in [9.17, 15) is 14.4 Å². The first-order valence-corrected chi connectivity index (χ1v) is 10.1. The Morgan fingerprint density at radius 3 is 2.67 bits per heavy atom. The number of benzene rings is 2. The van der Waals surface area contributed by atoms with Gasteiger partial charge < -0.3 is 15.0 Å². The lowest BCUT2D eigenvalue weighted by Gasteiger charge is -2.38. The molecule has 1 unspecified atom stereocenters. The topological polar surface area (TPSA) is 79.0 Å². The zero-order chi connectivity index (χ0) is 21.3. The number of piperidine rings is 1. The van der Waals surface area contributed by atoms with Gasteiger partial charge in [0.15, 0.2) is 0 Å². The van der Waals surface area contributed by atoms with Crippen molar-refractivity contribution in [3.63, 3.8) is 0 Å². The van der Waals surface area contributed by atoms with Crippen molar-refractivity contribution in [2.24, 2.45) is 0 Å². The Hall–Kier alpha value is -3.06. The Morgan fingerprint density at radius 1 is 1.20 bits per heavy atom. The lowest BCUT2D eigenvalue weighted by molar-refractivity contribution is -0.133.